The maximum Gasteiger partial charge on any atom is 0.344 e. The van der Waals surface area contributed by atoms with E-state index in [2.05, 4.69) is 0 Å². The first-order chi connectivity index (χ1) is 9.69. The highest BCUT2D eigenvalue weighted by Crippen LogP contribution is 2.31. The van der Waals surface area contributed by atoms with Gasteiger partial charge in [0.2, 0.25) is 0 Å². The molecule has 2 aromatic carbocycles. The lowest BCUT2D eigenvalue weighted by Gasteiger charge is -2.12. The van der Waals surface area contributed by atoms with Gasteiger partial charge in [-0.25, -0.2) is 4.79 Å². The zero-order valence-corrected chi connectivity index (χ0v) is 11.0. The summed E-state index contributed by atoms with van der Waals surface area (Å²) in [5.41, 5.74) is 1.58. The first-order valence-corrected chi connectivity index (χ1v) is 6.50. The molecule has 0 amide bonds. The first kappa shape index (κ1) is 12.5. The molecule has 0 bridgehead atoms. The molecule has 0 saturated heterocycles. The summed E-state index contributed by atoms with van der Waals surface area (Å²) in [7, 11) is 0. The number of para-hydroxylation sites is 1. The highest BCUT2D eigenvalue weighted by Gasteiger charge is 2.17. The molecule has 1 N–H and O–H groups in total. The van der Waals surface area contributed by atoms with E-state index < -0.39 is 12.1 Å². The summed E-state index contributed by atoms with van der Waals surface area (Å²) >= 11 is 0. The van der Waals surface area contributed by atoms with Crippen molar-refractivity contribution in [1.82, 2.24) is 0 Å². The number of rotatable bonds is 4. The molecule has 0 fully saturated rings. The molecule has 1 aromatic heterocycles. The van der Waals surface area contributed by atoms with E-state index in [0.717, 1.165) is 21.9 Å². The van der Waals surface area contributed by atoms with Crippen LogP contribution in [0, 0.1) is 0 Å². The smallest absolute Gasteiger partial charge is 0.344 e. The van der Waals surface area contributed by atoms with E-state index in [0.29, 0.717) is 12.2 Å². The van der Waals surface area contributed by atoms with Crippen molar-refractivity contribution in [1.29, 1.82) is 0 Å². The normalized spacial score (nSPS) is 12.7. The molecule has 1 unspecified atom stereocenters. The third kappa shape index (κ3) is 2.09. The molecule has 0 aliphatic carbocycles. The molecule has 20 heavy (non-hydrogen) atoms. The van der Waals surface area contributed by atoms with Crippen LogP contribution in [0.15, 0.2) is 46.9 Å². The van der Waals surface area contributed by atoms with Crippen LogP contribution < -0.4 is 4.74 Å². The number of aliphatic carboxylic acids is 1. The predicted octanol–water partition coefficient (Wildman–Crippen LogP) is 3.83. The number of hydrogen-bond acceptors (Lipinski definition) is 3. The first-order valence-electron chi connectivity index (χ1n) is 6.50. The Morgan fingerprint density at radius 3 is 2.70 bits per heavy atom. The van der Waals surface area contributed by atoms with Gasteiger partial charge < -0.3 is 14.3 Å². The van der Waals surface area contributed by atoms with E-state index in [1.165, 1.54) is 0 Å². The zero-order chi connectivity index (χ0) is 14.1. The summed E-state index contributed by atoms with van der Waals surface area (Å²) in [6.07, 6.45) is -0.412. The van der Waals surface area contributed by atoms with Gasteiger partial charge in [0.25, 0.3) is 0 Å². The minimum Gasteiger partial charge on any atom is -0.479 e. The maximum atomic E-state index is 11.0. The average molecular weight is 270 g/mol. The van der Waals surface area contributed by atoms with Gasteiger partial charge in [0.1, 0.15) is 16.9 Å². The Morgan fingerprint density at radius 2 is 1.95 bits per heavy atom. The van der Waals surface area contributed by atoms with Crippen molar-refractivity contribution >= 4 is 27.9 Å². The molecule has 0 aliphatic rings. The summed E-state index contributed by atoms with van der Waals surface area (Å²) < 4.78 is 11.2. The largest absolute Gasteiger partial charge is 0.479 e. The second-order valence-corrected chi connectivity index (χ2v) is 4.61. The number of furan rings is 1. The Morgan fingerprint density at radius 1 is 1.20 bits per heavy atom. The fraction of sp³-hybridized carbons (Fsp3) is 0.188. The molecule has 0 aliphatic heterocycles. The molecule has 0 saturated carbocycles. The SMILES string of the molecule is CCC(Oc1ccc2oc3ccccc3c2c1)C(=O)O. The van der Waals surface area contributed by atoms with Crippen LogP contribution in [-0.4, -0.2) is 17.2 Å². The topological polar surface area (TPSA) is 59.7 Å². The number of carboxylic acid groups (broad SMARTS) is 1. The van der Waals surface area contributed by atoms with E-state index in [9.17, 15) is 4.79 Å². The van der Waals surface area contributed by atoms with Crippen LogP contribution in [0.5, 0.6) is 5.75 Å². The fourth-order valence-electron chi connectivity index (χ4n) is 2.25. The van der Waals surface area contributed by atoms with Gasteiger partial charge in [0.05, 0.1) is 0 Å². The van der Waals surface area contributed by atoms with Gasteiger partial charge in [0.15, 0.2) is 6.10 Å². The highest BCUT2D eigenvalue weighted by molar-refractivity contribution is 6.05. The van der Waals surface area contributed by atoms with Crippen molar-refractivity contribution < 1.29 is 19.1 Å². The van der Waals surface area contributed by atoms with E-state index >= 15 is 0 Å². The molecule has 0 spiro atoms. The molecule has 4 heteroatoms. The molecule has 0 radical (unpaired) electrons. The van der Waals surface area contributed by atoms with Crippen molar-refractivity contribution in [2.75, 3.05) is 0 Å². The monoisotopic (exact) mass is 270 g/mol. The zero-order valence-electron chi connectivity index (χ0n) is 11.0. The van der Waals surface area contributed by atoms with Crippen molar-refractivity contribution in [2.45, 2.75) is 19.4 Å². The maximum absolute atomic E-state index is 11.0. The van der Waals surface area contributed by atoms with Gasteiger partial charge in [-0.1, -0.05) is 25.1 Å². The molecule has 4 nitrogen and oxygen atoms in total. The van der Waals surface area contributed by atoms with Crippen LogP contribution in [0.4, 0.5) is 0 Å². The molecule has 102 valence electrons. The molecule has 1 heterocycles. The Balaban J connectivity index is 2.05. The van der Waals surface area contributed by atoms with Gasteiger partial charge in [-0.15, -0.1) is 0 Å². The number of ether oxygens (including phenoxy) is 1. The molecular formula is C16H14O4. The van der Waals surface area contributed by atoms with Crippen molar-refractivity contribution in [2.24, 2.45) is 0 Å². The number of carbonyl (C=O) groups is 1. The van der Waals surface area contributed by atoms with Crippen LogP contribution in [0.2, 0.25) is 0 Å². The minimum absolute atomic E-state index is 0.416. The standard InChI is InChI=1S/C16H14O4/c1-2-13(16(17)18)19-10-7-8-15-12(9-10)11-5-3-4-6-14(11)20-15/h3-9,13H,2H2,1H3,(H,17,18). The molecular weight excluding hydrogens is 256 g/mol. The lowest BCUT2D eigenvalue weighted by molar-refractivity contribution is -0.145. The summed E-state index contributed by atoms with van der Waals surface area (Å²) in [6, 6.07) is 13.1. The van der Waals surface area contributed by atoms with Crippen LogP contribution in [0.25, 0.3) is 21.9 Å². The second kappa shape index (κ2) is 4.89. The summed E-state index contributed by atoms with van der Waals surface area (Å²) in [4.78, 5) is 11.0. The third-order valence-corrected chi connectivity index (χ3v) is 3.27. The highest BCUT2D eigenvalue weighted by atomic mass is 16.5. The predicted molar refractivity (Wildman–Crippen MR) is 76.1 cm³/mol. The van der Waals surface area contributed by atoms with E-state index in [4.69, 9.17) is 14.3 Å². The van der Waals surface area contributed by atoms with Crippen LogP contribution in [0.3, 0.4) is 0 Å². The quantitative estimate of drug-likeness (QED) is 0.782. The number of fused-ring (bicyclic) bond motifs is 3. The third-order valence-electron chi connectivity index (χ3n) is 3.27. The van der Waals surface area contributed by atoms with E-state index in [1.54, 1.807) is 19.1 Å². The molecule has 3 aromatic rings. The van der Waals surface area contributed by atoms with Gasteiger partial charge in [-0.3, -0.25) is 0 Å². The number of carboxylic acids is 1. The average Bonchev–Trinajstić information content (AvgIpc) is 2.82. The number of benzene rings is 2. The lowest BCUT2D eigenvalue weighted by atomic mass is 10.1. The van der Waals surface area contributed by atoms with Gasteiger partial charge in [0, 0.05) is 10.8 Å². The van der Waals surface area contributed by atoms with Crippen LogP contribution >= 0.6 is 0 Å². The summed E-state index contributed by atoms with van der Waals surface area (Å²) in [6.45, 7) is 1.78. The van der Waals surface area contributed by atoms with Gasteiger partial charge in [-0.05, 0) is 30.7 Å². The van der Waals surface area contributed by atoms with Crippen molar-refractivity contribution in [3.05, 3.63) is 42.5 Å². The summed E-state index contributed by atoms with van der Waals surface area (Å²) in [5.74, 6) is -0.414. The van der Waals surface area contributed by atoms with Crippen molar-refractivity contribution in [3.8, 4) is 5.75 Å². The van der Waals surface area contributed by atoms with Crippen LogP contribution in [0.1, 0.15) is 13.3 Å². The molecule has 3 rings (SSSR count). The number of hydrogen-bond donors (Lipinski definition) is 1. The Bertz CT molecular complexity index is 772. The lowest BCUT2D eigenvalue weighted by Crippen LogP contribution is -2.25. The van der Waals surface area contributed by atoms with Gasteiger partial charge >= 0.3 is 5.97 Å². The Hall–Kier alpha value is -2.49. The fourth-order valence-corrected chi connectivity index (χ4v) is 2.25. The Labute approximate surface area is 115 Å². The van der Waals surface area contributed by atoms with E-state index in [1.807, 2.05) is 30.3 Å². The summed E-state index contributed by atoms with van der Waals surface area (Å²) in [5, 5.41) is 11.0. The minimum atomic E-state index is -0.954. The van der Waals surface area contributed by atoms with Crippen LogP contribution in [-0.2, 0) is 4.79 Å². The van der Waals surface area contributed by atoms with Crippen molar-refractivity contribution in [3.63, 3.8) is 0 Å². The van der Waals surface area contributed by atoms with E-state index in [-0.39, 0.29) is 0 Å². The molecule has 1 atom stereocenters. The Kier molecular flexibility index (Phi) is 3.06. The second-order valence-electron chi connectivity index (χ2n) is 4.61. The van der Waals surface area contributed by atoms with Gasteiger partial charge in [-0.2, -0.15) is 0 Å².